The first-order valence-electron chi connectivity index (χ1n) is 17.0. The standard InChI is InChI=1S/C35H50N6O7/c1-34(2,3)24(17-48-33(47)37-6)39-32(46)40-26(21-14-19-9-7-8-10-20(19)15-21)31(45)41-16-22-25(35(22,4)5)27(41)30(44)38-23(13-18-11-12-18)28(42)29(36)43/h7-10,18,21-27H,11-17H2,1-6H3,(H2,36,43)(H,37,47)(H,38,44)(H2,39,40,46)/t22?,23?,24?,25?,26-,27-/m0/s1. The van der Waals surface area contributed by atoms with Gasteiger partial charge in [-0.25, -0.2) is 9.59 Å². The van der Waals surface area contributed by atoms with E-state index >= 15 is 0 Å². The summed E-state index contributed by atoms with van der Waals surface area (Å²) in [6.07, 6.45) is 2.66. The van der Waals surface area contributed by atoms with Gasteiger partial charge in [-0.2, -0.15) is 0 Å². The fourth-order valence-electron chi connectivity index (χ4n) is 7.63. The maximum Gasteiger partial charge on any atom is 0.406 e. The highest BCUT2D eigenvalue weighted by Crippen LogP contribution is 2.65. The summed E-state index contributed by atoms with van der Waals surface area (Å²) in [6, 6.07) is 3.87. The Morgan fingerprint density at radius 3 is 2.17 bits per heavy atom. The fraction of sp³-hybridized carbons (Fsp3) is 0.657. The SMILES string of the molecule is CNC(=O)OCC(NC(=O)N[C@H](C(=O)N1CC2C([C@H]1C(=O)NC(CC1CC1)C(=O)C(N)=O)C2(C)C)C1Cc2ccccc2C1)C(C)(C)C. The number of urea groups is 1. The monoisotopic (exact) mass is 666 g/mol. The van der Waals surface area contributed by atoms with E-state index in [1.165, 1.54) is 7.05 Å². The van der Waals surface area contributed by atoms with Crippen molar-refractivity contribution in [1.82, 2.24) is 26.2 Å². The van der Waals surface area contributed by atoms with E-state index in [1.807, 2.05) is 45.0 Å². The van der Waals surface area contributed by atoms with E-state index in [2.05, 4.69) is 35.1 Å². The Morgan fingerprint density at radius 2 is 1.62 bits per heavy atom. The van der Waals surface area contributed by atoms with Gasteiger partial charge in [0, 0.05) is 13.6 Å². The maximum absolute atomic E-state index is 14.6. The van der Waals surface area contributed by atoms with E-state index in [1.54, 1.807) is 4.90 Å². The lowest BCUT2D eigenvalue weighted by Crippen LogP contribution is -2.61. The summed E-state index contributed by atoms with van der Waals surface area (Å²) in [6.45, 7) is 10.1. The molecule has 5 rings (SSSR count). The minimum Gasteiger partial charge on any atom is -0.447 e. The van der Waals surface area contributed by atoms with Crippen molar-refractivity contribution < 1.29 is 33.5 Å². The van der Waals surface area contributed by atoms with Gasteiger partial charge in [-0.1, -0.05) is 71.7 Å². The molecule has 1 saturated heterocycles. The Balaban J connectivity index is 1.39. The Kier molecular flexibility index (Phi) is 9.81. The van der Waals surface area contributed by atoms with Crippen LogP contribution in [0.3, 0.4) is 0 Å². The average Bonchev–Trinajstić information content (AvgIpc) is 3.78. The number of ether oxygens (including phenoxy) is 1. The topological polar surface area (TPSA) is 189 Å². The Bertz CT molecular complexity index is 1440. The van der Waals surface area contributed by atoms with E-state index in [0.717, 1.165) is 24.0 Å². The first kappa shape index (κ1) is 35.2. The number of benzene rings is 1. The number of alkyl carbamates (subject to hydrolysis) is 1. The van der Waals surface area contributed by atoms with Crippen molar-refractivity contribution in [1.29, 1.82) is 0 Å². The van der Waals surface area contributed by atoms with Crippen molar-refractivity contribution in [3.63, 3.8) is 0 Å². The summed E-state index contributed by atoms with van der Waals surface area (Å²) in [5, 5.41) is 11.0. The zero-order valence-electron chi connectivity index (χ0n) is 28.8. The third-order valence-corrected chi connectivity index (χ3v) is 10.9. The van der Waals surface area contributed by atoms with Gasteiger partial charge >= 0.3 is 12.1 Å². The van der Waals surface area contributed by atoms with Gasteiger partial charge in [0.15, 0.2) is 0 Å². The molecule has 1 heterocycles. The maximum atomic E-state index is 14.6. The summed E-state index contributed by atoms with van der Waals surface area (Å²) in [4.78, 5) is 80.2. The smallest absolute Gasteiger partial charge is 0.406 e. The lowest BCUT2D eigenvalue weighted by molar-refractivity contribution is -0.144. The Morgan fingerprint density at radius 1 is 1.00 bits per heavy atom. The number of nitrogens with one attached hydrogen (secondary N) is 4. The average molecular weight is 667 g/mol. The van der Waals surface area contributed by atoms with Gasteiger partial charge in [-0.05, 0) is 64.9 Å². The van der Waals surface area contributed by atoms with Crippen LogP contribution < -0.4 is 27.0 Å². The molecule has 13 nitrogen and oxygen atoms in total. The Labute approximate surface area is 281 Å². The quantitative estimate of drug-likeness (QED) is 0.210. The van der Waals surface area contributed by atoms with Crippen molar-refractivity contribution >= 4 is 35.6 Å². The van der Waals surface area contributed by atoms with Crippen molar-refractivity contribution in [2.75, 3.05) is 20.2 Å². The molecule has 13 heteroatoms. The lowest BCUT2D eigenvalue weighted by atomic mass is 9.87. The van der Waals surface area contributed by atoms with E-state index in [-0.39, 0.29) is 41.6 Å². The minimum atomic E-state index is -1.10. The van der Waals surface area contributed by atoms with E-state index in [4.69, 9.17) is 10.5 Å². The van der Waals surface area contributed by atoms with Crippen molar-refractivity contribution in [2.24, 2.45) is 40.2 Å². The molecular formula is C35H50N6O7. The highest BCUT2D eigenvalue weighted by atomic mass is 16.5. The molecule has 4 aliphatic rings. The number of rotatable bonds is 12. The summed E-state index contributed by atoms with van der Waals surface area (Å²) in [5.74, 6) is -2.92. The number of primary amides is 1. The predicted octanol–water partition coefficient (Wildman–Crippen LogP) is 1.66. The molecule has 48 heavy (non-hydrogen) atoms. The number of nitrogens with zero attached hydrogens (tertiary/aromatic N) is 1. The summed E-state index contributed by atoms with van der Waals surface area (Å²) in [7, 11) is 1.45. The number of amides is 6. The highest BCUT2D eigenvalue weighted by molar-refractivity contribution is 6.37. The van der Waals surface area contributed by atoms with E-state index in [9.17, 15) is 28.8 Å². The zero-order valence-corrected chi connectivity index (χ0v) is 28.8. The number of hydrogen-bond acceptors (Lipinski definition) is 7. The lowest BCUT2D eigenvalue weighted by Gasteiger charge is -2.36. The van der Waals surface area contributed by atoms with Crippen LogP contribution in [-0.4, -0.2) is 84.9 Å². The van der Waals surface area contributed by atoms with Crippen LogP contribution in [0, 0.1) is 34.5 Å². The first-order chi connectivity index (χ1) is 22.5. The number of carbonyl (C=O) groups excluding carboxylic acids is 6. The molecule has 1 aliphatic heterocycles. The molecular weight excluding hydrogens is 616 g/mol. The minimum absolute atomic E-state index is 0.0632. The molecule has 3 fully saturated rings. The number of carbonyl (C=O) groups is 6. The first-order valence-corrected chi connectivity index (χ1v) is 17.0. The van der Waals surface area contributed by atoms with Gasteiger partial charge in [0.05, 0.1) is 12.1 Å². The van der Waals surface area contributed by atoms with Gasteiger partial charge in [0.25, 0.3) is 5.91 Å². The second kappa shape index (κ2) is 13.4. The molecule has 6 atom stereocenters. The van der Waals surface area contributed by atoms with Crippen LogP contribution in [0.1, 0.15) is 65.0 Å². The molecule has 0 aromatic heterocycles. The number of piperidine rings is 1. The van der Waals surface area contributed by atoms with Crippen LogP contribution in [0.2, 0.25) is 0 Å². The van der Waals surface area contributed by atoms with Crippen LogP contribution in [0.5, 0.6) is 0 Å². The van der Waals surface area contributed by atoms with Crippen LogP contribution in [-0.2, 0) is 36.8 Å². The fourth-order valence-corrected chi connectivity index (χ4v) is 7.63. The summed E-state index contributed by atoms with van der Waals surface area (Å²) >= 11 is 0. The van der Waals surface area contributed by atoms with Gasteiger partial charge in [0.2, 0.25) is 17.6 Å². The van der Waals surface area contributed by atoms with Gasteiger partial charge in [-0.15, -0.1) is 0 Å². The molecule has 6 amide bonds. The molecule has 1 aromatic carbocycles. The predicted molar refractivity (Wildman–Crippen MR) is 176 cm³/mol. The largest absolute Gasteiger partial charge is 0.447 e. The van der Waals surface area contributed by atoms with Crippen LogP contribution in [0.15, 0.2) is 24.3 Å². The summed E-state index contributed by atoms with van der Waals surface area (Å²) in [5.41, 5.74) is 6.84. The number of Topliss-reactive ketones (excluding diaryl/α,β-unsaturated/α-hetero) is 1. The molecule has 262 valence electrons. The van der Waals surface area contributed by atoms with Crippen molar-refractivity contribution in [3.8, 4) is 0 Å². The Hall–Kier alpha value is -4.16. The van der Waals surface area contributed by atoms with Crippen LogP contribution in [0.4, 0.5) is 9.59 Å². The van der Waals surface area contributed by atoms with E-state index < -0.39 is 59.3 Å². The summed E-state index contributed by atoms with van der Waals surface area (Å²) < 4.78 is 5.26. The van der Waals surface area contributed by atoms with Gasteiger partial charge in [-0.3, -0.25) is 19.2 Å². The molecule has 2 saturated carbocycles. The second-order valence-corrected chi connectivity index (χ2v) is 15.7. The van der Waals surface area contributed by atoms with Crippen LogP contribution >= 0.6 is 0 Å². The molecule has 0 spiro atoms. The molecule has 0 radical (unpaired) electrons. The molecule has 3 aliphatic carbocycles. The van der Waals surface area contributed by atoms with Crippen molar-refractivity contribution in [3.05, 3.63) is 35.4 Å². The number of fused-ring (bicyclic) bond motifs is 2. The normalized spacial score (nSPS) is 24.3. The highest BCUT2D eigenvalue weighted by Gasteiger charge is 2.70. The second-order valence-electron chi connectivity index (χ2n) is 15.7. The van der Waals surface area contributed by atoms with Crippen molar-refractivity contribution in [2.45, 2.75) is 90.9 Å². The molecule has 1 aromatic rings. The number of likely N-dealkylation sites (tertiary alicyclic amines) is 1. The zero-order chi connectivity index (χ0) is 35.1. The molecule has 6 N–H and O–H groups in total. The number of ketones is 1. The van der Waals surface area contributed by atoms with Crippen LogP contribution in [0.25, 0.3) is 0 Å². The number of nitrogens with two attached hydrogens (primary N) is 1. The van der Waals surface area contributed by atoms with Gasteiger partial charge in [0.1, 0.15) is 18.7 Å². The third-order valence-electron chi connectivity index (χ3n) is 10.9. The molecule has 0 bridgehead atoms. The third kappa shape index (κ3) is 7.44. The van der Waals surface area contributed by atoms with E-state index in [0.29, 0.717) is 25.8 Å². The van der Waals surface area contributed by atoms with Gasteiger partial charge < -0.3 is 36.6 Å². The number of hydrogen-bond donors (Lipinski definition) is 5. The molecule has 4 unspecified atom stereocenters.